The minimum Gasteiger partial charge on any atom is -0.481 e. The zero-order valence-electron chi connectivity index (χ0n) is 17.3. The largest absolute Gasteiger partial charge is 0.481 e. The number of ether oxygens (including phenoxy) is 1. The van der Waals surface area contributed by atoms with Crippen molar-refractivity contribution in [3.63, 3.8) is 0 Å². The molecule has 1 fully saturated rings. The van der Waals surface area contributed by atoms with Crippen LogP contribution in [-0.4, -0.2) is 50.1 Å². The van der Waals surface area contributed by atoms with Gasteiger partial charge < -0.3 is 19.9 Å². The van der Waals surface area contributed by atoms with Crippen LogP contribution in [0.2, 0.25) is 0 Å². The number of carbonyl (C=O) groups is 1. The van der Waals surface area contributed by atoms with Crippen molar-refractivity contribution in [1.29, 1.82) is 0 Å². The van der Waals surface area contributed by atoms with Gasteiger partial charge in [0, 0.05) is 37.6 Å². The van der Waals surface area contributed by atoms with Gasteiger partial charge in [0.25, 0.3) is 5.91 Å². The van der Waals surface area contributed by atoms with Gasteiger partial charge in [-0.3, -0.25) is 4.79 Å². The van der Waals surface area contributed by atoms with Gasteiger partial charge >= 0.3 is 0 Å². The van der Waals surface area contributed by atoms with Crippen molar-refractivity contribution in [3.8, 4) is 5.75 Å². The number of rotatable bonds is 6. The van der Waals surface area contributed by atoms with Crippen LogP contribution in [0, 0.1) is 0 Å². The Bertz CT molecular complexity index is 781. The summed E-state index contributed by atoms with van der Waals surface area (Å²) in [7, 11) is 2.15. The SMILES string of the molecule is CC(C)c1ccccc1O[C@@H](C)C(=O)Nc1ccc(N2CCN(C)CC2)cc1. The van der Waals surface area contributed by atoms with Crippen molar-refractivity contribution in [1.82, 2.24) is 4.90 Å². The summed E-state index contributed by atoms with van der Waals surface area (Å²) in [5, 5.41) is 2.96. The second kappa shape index (κ2) is 9.11. The Morgan fingerprint density at radius 1 is 0.964 bits per heavy atom. The lowest BCUT2D eigenvalue weighted by Gasteiger charge is -2.34. The lowest BCUT2D eigenvalue weighted by molar-refractivity contribution is -0.122. The predicted octanol–water partition coefficient (Wildman–Crippen LogP) is 3.97. The molecule has 1 heterocycles. The number of carbonyl (C=O) groups excluding carboxylic acids is 1. The molecule has 5 nitrogen and oxygen atoms in total. The Morgan fingerprint density at radius 2 is 1.61 bits per heavy atom. The normalized spacial score (nSPS) is 16.1. The summed E-state index contributed by atoms with van der Waals surface area (Å²) >= 11 is 0. The highest BCUT2D eigenvalue weighted by atomic mass is 16.5. The molecule has 1 N–H and O–H groups in total. The van der Waals surface area contributed by atoms with E-state index in [1.807, 2.05) is 36.4 Å². The van der Waals surface area contributed by atoms with Gasteiger partial charge in [-0.25, -0.2) is 0 Å². The van der Waals surface area contributed by atoms with Gasteiger partial charge in [0.1, 0.15) is 5.75 Å². The highest BCUT2D eigenvalue weighted by molar-refractivity contribution is 5.94. The molecule has 5 heteroatoms. The first-order valence-electron chi connectivity index (χ1n) is 10.0. The maximum atomic E-state index is 12.6. The molecular weight excluding hydrogens is 350 g/mol. The minimum atomic E-state index is -0.572. The van der Waals surface area contributed by atoms with E-state index in [1.165, 1.54) is 5.69 Å². The fourth-order valence-corrected chi connectivity index (χ4v) is 3.37. The van der Waals surface area contributed by atoms with Crippen molar-refractivity contribution in [3.05, 3.63) is 54.1 Å². The molecule has 0 saturated carbocycles. The number of para-hydroxylation sites is 1. The number of piperazine rings is 1. The van der Waals surface area contributed by atoms with E-state index >= 15 is 0 Å². The maximum absolute atomic E-state index is 12.6. The molecular formula is C23H31N3O2. The maximum Gasteiger partial charge on any atom is 0.265 e. The van der Waals surface area contributed by atoms with Crippen molar-refractivity contribution >= 4 is 17.3 Å². The van der Waals surface area contributed by atoms with Gasteiger partial charge in [-0.1, -0.05) is 32.0 Å². The van der Waals surface area contributed by atoms with Gasteiger partial charge in [0.15, 0.2) is 6.10 Å². The first-order valence-corrected chi connectivity index (χ1v) is 10.0. The number of amides is 1. The standard InChI is InChI=1S/C23H31N3O2/c1-17(2)21-7-5-6-8-22(21)28-18(3)23(27)24-19-9-11-20(12-10-19)26-15-13-25(4)14-16-26/h5-12,17-18H,13-16H2,1-4H3,(H,24,27)/t18-/m0/s1. The van der Waals surface area contributed by atoms with Crippen molar-refractivity contribution < 1.29 is 9.53 Å². The van der Waals surface area contributed by atoms with Crippen molar-refractivity contribution in [2.24, 2.45) is 0 Å². The number of likely N-dealkylation sites (N-methyl/N-ethyl adjacent to an activating group) is 1. The summed E-state index contributed by atoms with van der Waals surface area (Å²) in [5.41, 5.74) is 3.09. The molecule has 2 aromatic rings. The average Bonchev–Trinajstić information content (AvgIpc) is 2.69. The number of nitrogens with zero attached hydrogens (tertiary/aromatic N) is 2. The third-order valence-corrected chi connectivity index (χ3v) is 5.22. The Kier molecular flexibility index (Phi) is 6.57. The number of hydrogen-bond donors (Lipinski definition) is 1. The molecule has 2 aromatic carbocycles. The zero-order valence-corrected chi connectivity index (χ0v) is 17.3. The van der Waals surface area contributed by atoms with E-state index in [0.717, 1.165) is 43.2 Å². The highest BCUT2D eigenvalue weighted by Crippen LogP contribution is 2.27. The van der Waals surface area contributed by atoms with E-state index in [0.29, 0.717) is 5.92 Å². The van der Waals surface area contributed by atoms with Gasteiger partial charge in [0.2, 0.25) is 0 Å². The minimum absolute atomic E-state index is 0.147. The Morgan fingerprint density at radius 3 is 2.25 bits per heavy atom. The average molecular weight is 382 g/mol. The van der Waals surface area contributed by atoms with Crippen LogP contribution in [0.1, 0.15) is 32.3 Å². The Labute approximate surface area is 168 Å². The lowest BCUT2D eigenvalue weighted by atomic mass is 10.0. The van der Waals surface area contributed by atoms with Gasteiger partial charge in [0.05, 0.1) is 0 Å². The predicted molar refractivity (Wildman–Crippen MR) is 115 cm³/mol. The number of benzene rings is 2. The van der Waals surface area contributed by atoms with E-state index in [-0.39, 0.29) is 5.91 Å². The molecule has 1 amide bonds. The van der Waals surface area contributed by atoms with Crippen LogP contribution >= 0.6 is 0 Å². The van der Waals surface area contributed by atoms with Crippen LogP contribution in [0.15, 0.2) is 48.5 Å². The number of nitrogens with one attached hydrogen (secondary N) is 1. The monoisotopic (exact) mass is 381 g/mol. The topological polar surface area (TPSA) is 44.8 Å². The van der Waals surface area contributed by atoms with E-state index < -0.39 is 6.10 Å². The molecule has 0 spiro atoms. The van der Waals surface area contributed by atoms with Crippen molar-refractivity contribution in [2.45, 2.75) is 32.8 Å². The molecule has 1 aliphatic rings. The molecule has 0 bridgehead atoms. The summed E-state index contributed by atoms with van der Waals surface area (Å²) in [4.78, 5) is 17.3. The molecule has 150 valence electrons. The van der Waals surface area contributed by atoms with E-state index in [4.69, 9.17) is 4.74 Å². The Hall–Kier alpha value is -2.53. The fourth-order valence-electron chi connectivity index (χ4n) is 3.37. The highest BCUT2D eigenvalue weighted by Gasteiger charge is 2.18. The lowest BCUT2D eigenvalue weighted by Crippen LogP contribution is -2.44. The van der Waals surface area contributed by atoms with Crippen molar-refractivity contribution in [2.75, 3.05) is 43.4 Å². The fraction of sp³-hybridized carbons (Fsp3) is 0.435. The van der Waals surface area contributed by atoms with Crippen LogP contribution in [0.4, 0.5) is 11.4 Å². The summed E-state index contributed by atoms with van der Waals surface area (Å²) < 4.78 is 5.94. The molecule has 3 rings (SSSR count). The molecule has 0 aromatic heterocycles. The quantitative estimate of drug-likeness (QED) is 0.822. The van der Waals surface area contributed by atoms with E-state index in [2.05, 4.69) is 48.1 Å². The molecule has 0 unspecified atom stereocenters. The van der Waals surface area contributed by atoms with Crippen LogP contribution in [0.25, 0.3) is 0 Å². The van der Waals surface area contributed by atoms with Crippen LogP contribution in [0.5, 0.6) is 5.75 Å². The second-order valence-electron chi connectivity index (χ2n) is 7.78. The molecule has 28 heavy (non-hydrogen) atoms. The molecule has 0 radical (unpaired) electrons. The van der Waals surface area contributed by atoms with Gasteiger partial charge in [-0.2, -0.15) is 0 Å². The summed E-state index contributed by atoms with van der Waals surface area (Å²) in [6.07, 6.45) is -0.572. The first-order chi connectivity index (χ1) is 13.4. The summed E-state index contributed by atoms with van der Waals surface area (Å²) in [6.45, 7) is 10.2. The third-order valence-electron chi connectivity index (χ3n) is 5.22. The van der Waals surface area contributed by atoms with Gasteiger partial charge in [-0.15, -0.1) is 0 Å². The zero-order chi connectivity index (χ0) is 20.1. The van der Waals surface area contributed by atoms with Gasteiger partial charge in [-0.05, 0) is 55.8 Å². The third kappa shape index (κ3) is 5.04. The smallest absolute Gasteiger partial charge is 0.265 e. The molecule has 0 aliphatic carbocycles. The summed E-state index contributed by atoms with van der Waals surface area (Å²) in [5.74, 6) is 0.963. The molecule has 1 aliphatic heterocycles. The van der Waals surface area contributed by atoms with Crippen LogP contribution in [0.3, 0.4) is 0 Å². The molecule has 1 atom stereocenters. The molecule has 1 saturated heterocycles. The van der Waals surface area contributed by atoms with E-state index in [9.17, 15) is 4.79 Å². The number of hydrogen-bond acceptors (Lipinski definition) is 4. The first kappa shape index (κ1) is 20.2. The Balaban J connectivity index is 1.58. The summed E-state index contributed by atoms with van der Waals surface area (Å²) in [6, 6.07) is 15.9. The van der Waals surface area contributed by atoms with Crippen LogP contribution < -0.4 is 15.0 Å². The van der Waals surface area contributed by atoms with Crippen LogP contribution in [-0.2, 0) is 4.79 Å². The van der Waals surface area contributed by atoms with E-state index in [1.54, 1.807) is 6.92 Å². The number of anilines is 2. The second-order valence-corrected chi connectivity index (χ2v) is 7.78.